The number of ether oxygens (including phenoxy) is 1. The van der Waals surface area contributed by atoms with Gasteiger partial charge in [0.1, 0.15) is 5.75 Å². The van der Waals surface area contributed by atoms with Crippen LogP contribution in [0.3, 0.4) is 0 Å². The molecule has 1 aliphatic rings. The maximum Gasteiger partial charge on any atom is 0.308 e. The Balaban J connectivity index is 1.37. The van der Waals surface area contributed by atoms with E-state index in [0.29, 0.717) is 30.6 Å². The summed E-state index contributed by atoms with van der Waals surface area (Å²) in [5.74, 6) is 0.478. The topological polar surface area (TPSA) is 97.7 Å². The van der Waals surface area contributed by atoms with E-state index in [9.17, 15) is 18.0 Å². The molecule has 0 spiro atoms. The second kappa shape index (κ2) is 9.66. The van der Waals surface area contributed by atoms with Gasteiger partial charge in [-0.15, -0.1) is 0 Å². The number of carbonyl (C=O) groups excluding carboxylic acids is 1. The van der Waals surface area contributed by atoms with Crippen molar-refractivity contribution in [3.05, 3.63) is 57.7 Å². The number of hydrogen-bond acceptors (Lipinski definition) is 6. The van der Waals surface area contributed by atoms with Gasteiger partial charge in [0.05, 0.1) is 22.2 Å². The highest BCUT2D eigenvalue weighted by atomic mass is 32.2. The molecule has 1 saturated heterocycles. The van der Waals surface area contributed by atoms with Gasteiger partial charge in [-0.1, -0.05) is 23.5 Å². The number of thiazole rings is 1. The van der Waals surface area contributed by atoms with Crippen LogP contribution in [0.5, 0.6) is 5.75 Å². The molecular weight excluding hydrogens is 462 g/mol. The molecule has 10 heteroatoms. The molecule has 1 amide bonds. The Bertz CT molecular complexity index is 1300. The molecule has 2 aromatic carbocycles. The van der Waals surface area contributed by atoms with Crippen molar-refractivity contribution in [2.45, 2.75) is 37.8 Å². The number of carbonyl (C=O) groups is 1. The molecule has 176 valence electrons. The molecule has 1 fully saturated rings. The van der Waals surface area contributed by atoms with Crippen LogP contribution >= 0.6 is 11.3 Å². The number of nitrogens with zero attached hydrogens (tertiary/aromatic N) is 2. The van der Waals surface area contributed by atoms with Crippen molar-refractivity contribution in [1.82, 2.24) is 14.2 Å². The maximum atomic E-state index is 13.2. The largest absolute Gasteiger partial charge is 0.497 e. The minimum atomic E-state index is -3.69. The Kier molecular flexibility index (Phi) is 6.87. The third-order valence-corrected chi connectivity index (χ3v) is 8.88. The Morgan fingerprint density at radius 1 is 1.15 bits per heavy atom. The summed E-state index contributed by atoms with van der Waals surface area (Å²) in [5, 5.41) is 2.95. The monoisotopic (exact) mass is 489 g/mol. The van der Waals surface area contributed by atoms with Crippen molar-refractivity contribution in [1.29, 1.82) is 0 Å². The summed E-state index contributed by atoms with van der Waals surface area (Å²) >= 11 is 1.05. The van der Waals surface area contributed by atoms with Gasteiger partial charge in [-0.2, -0.15) is 4.31 Å². The molecule has 0 atom stereocenters. The van der Waals surface area contributed by atoms with Gasteiger partial charge < -0.3 is 10.1 Å². The van der Waals surface area contributed by atoms with Crippen molar-refractivity contribution < 1.29 is 17.9 Å². The first-order valence-corrected chi connectivity index (χ1v) is 13.1. The second-order valence-electron chi connectivity index (χ2n) is 7.99. The Hall–Kier alpha value is -2.69. The van der Waals surface area contributed by atoms with Gasteiger partial charge in [0.15, 0.2) is 0 Å². The van der Waals surface area contributed by atoms with Crippen molar-refractivity contribution in [3.8, 4) is 5.75 Å². The first kappa shape index (κ1) is 23.5. The number of aryl methyl sites for hydroxylation is 1. The molecule has 1 aliphatic heterocycles. The summed E-state index contributed by atoms with van der Waals surface area (Å²) in [4.78, 5) is 24.8. The molecule has 4 rings (SSSR count). The number of rotatable bonds is 7. The molecule has 0 bridgehead atoms. The standard InChI is InChI=1S/C23H27N3O5S2/c1-3-26-20-9-8-19(14-21(20)32-23(26)28)33(29,30)25-12-10-17(11-13-25)22(27)24-15-16-4-6-18(31-2)7-5-16/h4-9,14,17H,3,10-13,15H2,1-2H3,(H,24,27). The molecule has 2 heterocycles. The van der Waals surface area contributed by atoms with Crippen LogP contribution < -0.4 is 14.9 Å². The van der Waals surface area contributed by atoms with Gasteiger partial charge in [0.2, 0.25) is 15.9 Å². The van der Waals surface area contributed by atoms with Crippen LogP contribution in [0.4, 0.5) is 0 Å². The molecule has 8 nitrogen and oxygen atoms in total. The predicted molar refractivity (Wildman–Crippen MR) is 128 cm³/mol. The summed E-state index contributed by atoms with van der Waals surface area (Å²) in [6.07, 6.45) is 0.935. The van der Waals surface area contributed by atoms with E-state index < -0.39 is 10.0 Å². The van der Waals surface area contributed by atoms with Crippen LogP contribution in [0, 0.1) is 5.92 Å². The number of hydrogen-bond donors (Lipinski definition) is 1. The van der Waals surface area contributed by atoms with Crippen LogP contribution in [-0.2, 0) is 27.9 Å². The lowest BCUT2D eigenvalue weighted by molar-refractivity contribution is -0.126. The Morgan fingerprint density at radius 2 is 1.85 bits per heavy atom. The second-order valence-corrected chi connectivity index (χ2v) is 10.9. The molecule has 0 unspecified atom stereocenters. The summed E-state index contributed by atoms with van der Waals surface area (Å²) < 4.78 is 35.2. The zero-order valence-electron chi connectivity index (χ0n) is 18.6. The summed E-state index contributed by atoms with van der Waals surface area (Å²) in [5.41, 5.74) is 1.72. The number of aromatic nitrogens is 1. The van der Waals surface area contributed by atoms with Crippen molar-refractivity contribution in [2.24, 2.45) is 5.92 Å². The maximum absolute atomic E-state index is 13.2. The SMILES string of the molecule is CCn1c(=O)sc2cc(S(=O)(=O)N3CCC(C(=O)NCc4ccc(OC)cc4)CC3)ccc21. The van der Waals surface area contributed by atoms with Crippen LogP contribution in [-0.4, -0.2) is 43.4 Å². The van der Waals surface area contributed by atoms with E-state index in [1.807, 2.05) is 31.2 Å². The van der Waals surface area contributed by atoms with E-state index in [1.54, 1.807) is 29.9 Å². The third-order valence-electron chi connectivity index (χ3n) is 6.04. The third kappa shape index (κ3) is 4.83. The first-order valence-electron chi connectivity index (χ1n) is 10.9. The van der Waals surface area contributed by atoms with Gasteiger partial charge >= 0.3 is 4.87 Å². The minimum Gasteiger partial charge on any atom is -0.497 e. The Labute approximate surface area is 196 Å². The van der Waals surface area contributed by atoms with Crippen LogP contribution in [0.25, 0.3) is 10.2 Å². The molecule has 0 radical (unpaired) electrons. The summed E-state index contributed by atoms with van der Waals surface area (Å²) in [6.45, 7) is 3.41. The molecule has 1 N–H and O–H groups in total. The lowest BCUT2D eigenvalue weighted by Gasteiger charge is -2.30. The lowest BCUT2D eigenvalue weighted by Crippen LogP contribution is -2.42. The van der Waals surface area contributed by atoms with Crippen molar-refractivity contribution >= 4 is 37.5 Å². The van der Waals surface area contributed by atoms with E-state index in [4.69, 9.17) is 4.74 Å². The number of amides is 1. The normalized spacial score (nSPS) is 15.6. The van der Waals surface area contributed by atoms with Gasteiger partial charge in [0.25, 0.3) is 0 Å². The Morgan fingerprint density at radius 3 is 2.48 bits per heavy atom. The molecule has 33 heavy (non-hydrogen) atoms. The van der Waals surface area contributed by atoms with Gasteiger partial charge in [-0.05, 0) is 55.7 Å². The molecule has 0 saturated carbocycles. The van der Waals surface area contributed by atoms with E-state index in [2.05, 4.69) is 5.32 Å². The first-order chi connectivity index (χ1) is 15.8. The quantitative estimate of drug-likeness (QED) is 0.550. The smallest absolute Gasteiger partial charge is 0.308 e. The van der Waals surface area contributed by atoms with Gasteiger partial charge in [-0.3, -0.25) is 14.2 Å². The van der Waals surface area contributed by atoms with E-state index in [0.717, 1.165) is 28.2 Å². The number of benzene rings is 2. The number of fused-ring (bicyclic) bond motifs is 1. The molecule has 3 aromatic rings. The number of sulfonamides is 1. The number of methoxy groups -OCH3 is 1. The van der Waals surface area contributed by atoms with Gasteiger partial charge in [0, 0.05) is 32.1 Å². The van der Waals surface area contributed by atoms with E-state index in [1.165, 1.54) is 4.31 Å². The van der Waals surface area contributed by atoms with Gasteiger partial charge in [-0.25, -0.2) is 8.42 Å². The van der Waals surface area contributed by atoms with Crippen LogP contribution in [0.1, 0.15) is 25.3 Å². The fraction of sp³-hybridized carbons (Fsp3) is 0.391. The molecule has 1 aromatic heterocycles. The predicted octanol–water partition coefficient (Wildman–Crippen LogP) is 2.81. The number of piperidine rings is 1. The summed E-state index contributed by atoms with van der Waals surface area (Å²) in [7, 11) is -2.09. The highest BCUT2D eigenvalue weighted by Crippen LogP contribution is 2.27. The summed E-state index contributed by atoms with van der Waals surface area (Å²) in [6, 6.07) is 12.3. The lowest BCUT2D eigenvalue weighted by atomic mass is 9.97. The highest BCUT2D eigenvalue weighted by Gasteiger charge is 2.32. The van der Waals surface area contributed by atoms with Crippen molar-refractivity contribution in [3.63, 3.8) is 0 Å². The number of nitrogens with one attached hydrogen (secondary N) is 1. The average molecular weight is 490 g/mol. The van der Waals surface area contributed by atoms with Crippen molar-refractivity contribution in [2.75, 3.05) is 20.2 Å². The molecular formula is C23H27N3O5S2. The molecule has 0 aliphatic carbocycles. The van der Waals surface area contributed by atoms with Crippen LogP contribution in [0.2, 0.25) is 0 Å². The fourth-order valence-electron chi connectivity index (χ4n) is 4.09. The minimum absolute atomic E-state index is 0.0602. The van der Waals surface area contributed by atoms with E-state index >= 15 is 0 Å². The van der Waals surface area contributed by atoms with E-state index in [-0.39, 0.29) is 34.7 Å². The fourth-order valence-corrected chi connectivity index (χ4v) is 6.66. The highest BCUT2D eigenvalue weighted by molar-refractivity contribution is 7.89. The zero-order chi connectivity index (χ0) is 23.6. The average Bonchev–Trinajstić information content (AvgIpc) is 3.16. The zero-order valence-corrected chi connectivity index (χ0v) is 20.2. The van der Waals surface area contributed by atoms with Crippen LogP contribution in [0.15, 0.2) is 52.2 Å².